The van der Waals surface area contributed by atoms with E-state index in [1.54, 1.807) is 19.9 Å². The summed E-state index contributed by atoms with van der Waals surface area (Å²) in [7, 11) is 0. The number of nitrogens with one attached hydrogen (secondary N) is 1. The van der Waals surface area contributed by atoms with Crippen LogP contribution in [-0.2, 0) is 23.9 Å². The Morgan fingerprint density at radius 1 is 1.19 bits per heavy atom. The molecule has 2 rings (SSSR count). The molecule has 0 spiro atoms. The predicted octanol–water partition coefficient (Wildman–Crippen LogP) is 1.70. The largest absolute Gasteiger partial charge is 0.464 e. The molecule has 1 N–H and O–H groups in total. The number of hydrogen-bond donors (Lipinski definition) is 1. The fourth-order valence-corrected chi connectivity index (χ4v) is 3.34. The zero-order valence-electron chi connectivity index (χ0n) is 15.4. The zero-order chi connectivity index (χ0) is 20.2. The second-order valence-corrected chi connectivity index (χ2v) is 6.21. The van der Waals surface area contributed by atoms with Gasteiger partial charge in [0.05, 0.1) is 24.2 Å². The zero-order valence-corrected chi connectivity index (χ0v) is 15.4. The van der Waals surface area contributed by atoms with Crippen LogP contribution >= 0.6 is 0 Å². The molecule has 0 unspecified atom stereocenters. The van der Waals surface area contributed by atoms with E-state index in [0.717, 1.165) is 0 Å². The number of ether oxygens (including phenoxy) is 2. The molecule has 27 heavy (non-hydrogen) atoms. The number of Topliss-reactive ketones (excluding diaryl/α,β-unsaturated/α-hetero) is 1. The van der Waals surface area contributed by atoms with E-state index in [1.807, 2.05) is 0 Å². The lowest BCUT2D eigenvalue weighted by Gasteiger charge is -2.25. The van der Waals surface area contributed by atoms with Crippen LogP contribution in [0.5, 0.6) is 0 Å². The van der Waals surface area contributed by atoms with Gasteiger partial charge >= 0.3 is 11.9 Å². The summed E-state index contributed by atoms with van der Waals surface area (Å²) in [5.74, 6) is -2.87. The first-order valence-electron chi connectivity index (χ1n) is 8.64. The number of carbonyl (C=O) groups is 3. The van der Waals surface area contributed by atoms with Gasteiger partial charge in [-0.25, -0.2) is 9.59 Å². The van der Waals surface area contributed by atoms with Crippen molar-refractivity contribution in [2.45, 2.75) is 38.8 Å². The molecule has 0 radical (unpaired) electrons. The number of para-hydroxylation sites is 1. The van der Waals surface area contributed by atoms with Crippen molar-refractivity contribution < 1.29 is 28.8 Å². The van der Waals surface area contributed by atoms with Gasteiger partial charge in [0.2, 0.25) is 5.54 Å². The SMILES string of the molecule is CCOC(=O)C1(C(=O)OCC)C[C@@H](C(C)=O)[C@@H](c2ccccc2[N+](=O)[O-])N1. The summed E-state index contributed by atoms with van der Waals surface area (Å²) in [6, 6.07) is 5.00. The molecule has 1 aromatic carbocycles. The smallest absolute Gasteiger partial charge is 0.338 e. The Hall–Kier alpha value is -2.81. The lowest BCUT2D eigenvalue weighted by Crippen LogP contribution is -2.56. The van der Waals surface area contributed by atoms with Gasteiger partial charge in [-0.05, 0) is 27.2 Å². The van der Waals surface area contributed by atoms with E-state index in [1.165, 1.54) is 25.1 Å². The Kier molecular flexibility index (Phi) is 6.27. The normalized spacial score (nSPS) is 20.7. The third-order valence-electron chi connectivity index (χ3n) is 4.57. The molecule has 1 fully saturated rings. The van der Waals surface area contributed by atoms with Gasteiger partial charge in [0.25, 0.3) is 5.69 Å². The van der Waals surface area contributed by atoms with Crippen LogP contribution < -0.4 is 5.32 Å². The van der Waals surface area contributed by atoms with Crippen molar-refractivity contribution in [3.8, 4) is 0 Å². The van der Waals surface area contributed by atoms with E-state index in [4.69, 9.17) is 9.47 Å². The van der Waals surface area contributed by atoms with Gasteiger partial charge in [0.15, 0.2) is 0 Å². The number of ketones is 1. The molecular weight excluding hydrogens is 356 g/mol. The number of benzene rings is 1. The Balaban J connectivity index is 2.56. The monoisotopic (exact) mass is 378 g/mol. The number of carbonyl (C=O) groups excluding carboxylic acids is 3. The number of nitrogens with zero attached hydrogens (tertiary/aromatic N) is 1. The van der Waals surface area contributed by atoms with E-state index in [-0.39, 0.29) is 36.7 Å². The highest BCUT2D eigenvalue weighted by atomic mass is 16.6. The van der Waals surface area contributed by atoms with Crippen LogP contribution in [0.4, 0.5) is 5.69 Å². The van der Waals surface area contributed by atoms with Gasteiger partial charge in [0, 0.05) is 17.5 Å². The molecule has 146 valence electrons. The Morgan fingerprint density at radius 2 is 1.74 bits per heavy atom. The van der Waals surface area contributed by atoms with Gasteiger partial charge in [-0.3, -0.25) is 20.2 Å². The summed E-state index contributed by atoms with van der Waals surface area (Å²) in [4.78, 5) is 48.3. The first kappa shape index (κ1) is 20.5. The molecule has 2 atom stereocenters. The van der Waals surface area contributed by atoms with Crippen LogP contribution in [-0.4, -0.2) is 41.4 Å². The van der Waals surface area contributed by atoms with Gasteiger partial charge in [-0.1, -0.05) is 18.2 Å². The van der Waals surface area contributed by atoms with Crippen LogP contribution in [0, 0.1) is 16.0 Å². The first-order chi connectivity index (χ1) is 12.8. The summed E-state index contributed by atoms with van der Waals surface area (Å²) in [6.45, 7) is 4.56. The van der Waals surface area contributed by atoms with Crippen LogP contribution in [0.2, 0.25) is 0 Å². The Bertz CT molecular complexity index is 744. The van der Waals surface area contributed by atoms with Crippen LogP contribution in [0.1, 0.15) is 38.8 Å². The quantitative estimate of drug-likeness (QED) is 0.329. The summed E-state index contributed by atoms with van der Waals surface area (Å²) >= 11 is 0. The molecule has 1 aliphatic heterocycles. The second kappa shape index (κ2) is 8.26. The van der Waals surface area contributed by atoms with Crippen molar-refractivity contribution in [1.82, 2.24) is 5.32 Å². The molecule has 0 bridgehead atoms. The van der Waals surface area contributed by atoms with Crippen molar-refractivity contribution in [3.05, 3.63) is 39.9 Å². The summed E-state index contributed by atoms with van der Waals surface area (Å²) < 4.78 is 10.1. The molecule has 1 saturated heterocycles. The highest BCUT2D eigenvalue weighted by molar-refractivity contribution is 6.06. The van der Waals surface area contributed by atoms with E-state index in [0.29, 0.717) is 0 Å². The molecule has 9 nitrogen and oxygen atoms in total. The first-order valence-corrected chi connectivity index (χ1v) is 8.64. The number of esters is 2. The van der Waals surface area contributed by atoms with E-state index >= 15 is 0 Å². The third kappa shape index (κ3) is 3.82. The van der Waals surface area contributed by atoms with E-state index < -0.39 is 34.4 Å². The van der Waals surface area contributed by atoms with E-state index in [9.17, 15) is 24.5 Å². The summed E-state index contributed by atoms with van der Waals surface area (Å²) in [5.41, 5.74) is -1.88. The van der Waals surface area contributed by atoms with Crippen LogP contribution in [0.15, 0.2) is 24.3 Å². The van der Waals surface area contributed by atoms with Gasteiger partial charge in [-0.15, -0.1) is 0 Å². The standard InChI is InChI=1S/C18H22N2O7/c1-4-26-16(22)18(17(23)27-5-2)10-13(11(3)21)15(19-18)12-8-6-7-9-14(12)20(24)25/h6-9,13,15,19H,4-5,10H2,1-3H3/t13-,15+/m0/s1. The molecule has 1 heterocycles. The highest BCUT2D eigenvalue weighted by Crippen LogP contribution is 2.42. The minimum atomic E-state index is -1.89. The molecule has 9 heteroatoms. The number of hydrogen-bond acceptors (Lipinski definition) is 8. The van der Waals surface area contributed by atoms with Crippen molar-refractivity contribution in [2.24, 2.45) is 5.92 Å². The van der Waals surface area contributed by atoms with Gasteiger partial charge in [0.1, 0.15) is 5.78 Å². The van der Waals surface area contributed by atoms with Gasteiger partial charge in [-0.2, -0.15) is 0 Å². The van der Waals surface area contributed by atoms with Crippen molar-refractivity contribution >= 4 is 23.4 Å². The van der Waals surface area contributed by atoms with Crippen LogP contribution in [0.25, 0.3) is 0 Å². The average molecular weight is 378 g/mol. The molecular formula is C18H22N2O7. The van der Waals surface area contributed by atoms with Crippen molar-refractivity contribution in [1.29, 1.82) is 0 Å². The van der Waals surface area contributed by atoms with Crippen molar-refractivity contribution in [2.75, 3.05) is 13.2 Å². The molecule has 0 amide bonds. The fourth-order valence-electron chi connectivity index (χ4n) is 3.34. The Labute approximate surface area is 156 Å². The molecule has 0 saturated carbocycles. The topological polar surface area (TPSA) is 125 Å². The summed E-state index contributed by atoms with van der Waals surface area (Å²) in [6.07, 6.45) is -0.198. The minimum absolute atomic E-state index is 0.0303. The number of nitro benzene ring substituents is 1. The maximum Gasteiger partial charge on any atom is 0.338 e. The van der Waals surface area contributed by atoms with Gasteiger partial charge < -0.3 is 9.47 Å². The van der Waals surface area contributed by atoms with Crippen LogP contribution in [0.3, 0.4) is 0 Å². The van der Waals surface area contributed by atoms with Crippen molar-refractivity contribution in [3.63, 3.8) is 0 Å². The minimum Gasteiger partial charge on any atom is -0.464 e. The lowest BCUT2D eigenvalue weighted by molar-refractivity contribution is -0.385. The third-order valence-corrected chi connectivity index (χ3v) is 4.57. The summed E-state index contributed by atoms with van der Waals surface area (Å²) in [5, 5.41) is 14.2. The Morgan fingerprint density at radius 3 is 2.22 bits per heavy atom. The lowest BCUT2D eigenvalue weighted by atomic mass is 9.86. The molecule has 1 aliphatic rings. The van der Waals surface area contributed by atoms with E-state index in [2.05, 4.69) is 5.32 Å². The molecule has 0 aromatic heterocycles. The maximum atomic E-state index is 12.6. The maximum absolute atomic E-state index is 12.6. The second-order valence-electron chi connectivity index (χ2n) is 6.21. The number of rotatable bonds is 7. The number of nitro groups is 1. The predicted molar refractivity (Wildman–Crippen MR) is 93.8 cm³/mol. The highest BCUT2D eigenvalue weighted by Gasteiger charge is 2.59. The molecule has 0 aliphatic carbocycles. The fraction of sp³-hybridized carbons (Fsp3) is 0.500. The average Bonchev–Trinajstić information content (AvgIpc) is 3.04. The molecule has 1 aromatic rings.